The zero-order chi connectivity index (χ0) is 15.5. The van der Waals surface area contributed by atoms with Gasteiger partial charge in [0.1, 0.15) is 0 Å². The Morgan fingerprint density at radius 3 is 2.73 bits per heavy atom. The van der Waals surface area contributed by atoms with Crippen LogP contribution in [0.15, 0.2) is 23.1 Å². The minimum atomic E-state index is -0.203. The van der Waals surface area contributed by atoms with Gasteiger partial charge in [-0.25, -0.2) is 4.79 Å². The summed E-state index contributed by atoms with van der Waals surface area (Å²) in [5.41, 5.74) is 1.11. The molecular weight excluding hydrogens is 320 g/mol. The molecule has 0 spiro atoms. The van der Waals surface area contributed by atoms with Crippen LogP contribution in [-0.2, 0) is 0 Å². The summed E-state index contributed by atoms with van der Waals surface area (Å²) in [5, 5.41) is 16.3. The van der Waals surface area contributed by atoms with Crippen LogP contribution in [0.2, 0.25) is 5.02 Å². The highest BCUT2D eigenvalue weighted by atomic mass is 35.5. The Kier molecular flexibility index (Phi) is 5.16. The maximum absolute atomic E-state index is 12.2. The Hall–Kier alpha value is -0.910. The molecule has 1 aromatic rings. The fourth-order valence-electron chi connectivity index (χ4n) is 3.12. The SMILES string of the molecule is O=C(NC1CCC(O)CC1)N[C@@H]1CCSc2ccc(Cl)cc21. The predicted octanol–water partition coefficient (Wildman–Crippen LogP) is 3.48. The molecule has 1 aromatic carbocycles. The second-order valence-corrected chi connectivity index (χ2v) is 7.57. The summed E-state index contributed by atoms with van der Waals surface area (Å²) in [6.07, 6.45) is 3.93. The van der Waals surface area contributed by atoms with E-state index in [1.54, 1.807) is 11.8 Å². The first kappa shape index (κ1) is 16.0. The second kappa shape index (κ2) is 7.11. The number of hydrogen-bond donors (Lipinski definition) is 3. The van der Waals surface area contributed by atoms with Gasteiger partial charge in [-0.05, 0) is 55.9 Å². The molecule has 6 heteroatoms. The van der Waals surface area contributed by atoms with E-state index in [4.69, 9.17) is 11.6 Å². The van der Waals surface area contributed by atoms with Crippen LogP contribution in [0.1, 0.15) is 43.7 Å². The van der Waals surface area contributed by atoms with Crippen molar-refractivity contribution in [3.05, 3.63) is 28.8 Å². The third kappa shape index (κ3) is 3.89. The Morgan fingerprint density at radius 2 is 1.95 bits per heavy atom. The molecule has 0 aromatic heterocycles. The molecule has 0 unspecified atom stereocenters. The molecule has 1 saturated carbocycles. The van der Waals surface area contributed by atoms with Crippen molar-refractivity contribution < 1.29 is 9.90 Å². The van der Waals surface area contributed by atoms with E-state index >= 15 is 0 Å². The molecule has 1 aliphatic carbocycles. The lowest BCUT2D eigenvalue weighted by Gasteiger charge is -2.29. The van der Waals surface area contributed by atoms with Crippen LogP contribution in [0.25, 0.3) is 0 Å². The fourth-order valence-corrected chi connectivity index (χ4v) is 4.41. The van der Waals surface area contributed by atoms with Crippen LogP contribution in [-0.4, -0.2) is 29.0 Å². The molecule has 1 heterocycles. The Bertz CT molecular complexity index is 547. The summed E-state index contributed by atoms with van der Waals surface area (Å²) in [5.74, 6) is 0.995. The minimum Gasteiger partial charge on any atom is -0.393 e. The van der Waals surface area contributed by atoms with E-state index in [0.717, 1.165) is 43.4 Å². The van der Waals surface area contributed by atoms with E-state index in [1.165, 1.54) is 4.90 Å². The van der Waals surface area contributed by atoms with Crippen molar-refractivity contribution >= 4 is 29.4 Å². The van der Waals surface area contributed by atoms with Gasteiger partial charge in [-0.1, -0.05) is 11.6 Å². The molecule has 22 heavy (non-hydrogen) atoms. The number of carbonyl (C=O) groups is 1. The number of benzene rings is 1. The molecule has 1 fully saturated rings. The molecule has 1 atom stereocenters. The lowest BCUT2D eigenvalue weighted by atomic mass is 9.93. The van der Waals surface area contributed by atoms with E-state index in [1.807, 2.05) is 18.2 Å². The Morgan fingerprint density at radius 1 is 1.18 bits per heavy atom. The summed E-state index contributed by atoms with van der Waals surface area (Å²) in [6, 6.07) is 5.93. The number of fused-ring (bicyclic) bond motifs is 1. The summed E-state index contributed by atoms with van der Waals surface area (Å²) in [6.45, 7) is 0. The average molecular weight is 341 g/mol. The van der Waals surface area contributed by atoms with Crippen LogP contribution < -0.4 is 10.6 Å². The van der Waals surface area contributed by atoms with Gasteiger partial charge in [0.15, 0.2) is 0 Å². The number of thioether (sulfide) groups is 1. The van der Waals surface area contributed by atoms with E-state index in [9.17, 15) is 9.90 Å². The number of halogens is 1. The summed E-state index contributed by atoms with van der Waals surface area (Å²) < 4.78 is 0. The summed E-state index contributed by atoms with van der Waals surface area (Å²) in [4.78, 5) is 13.4. The van der Waals surface area contributed by atoms with Gasteiger partial charge in [-0.3, -0.25) is 0 Å². The molecule has 2 amide bonds. The van der Waals surface area contributed by atoms with Gasteiger partial charge in [0, 0.05) is 21.7 Å². The zero-order valence-corrected chi connectivity index (χ0v) is 13.9. The maximum atomic E-state index is 12.2. The fraction of sp³-hybridized carbons (Fsp3) is 0.562. The van der Waals surface area contributed by atoms with E-state index in [0.29, 0.717) is 5.02 Å². The first-order valence-corrected chi connectivity index (χ1v) is 9.15. The van der Waals surface area contributed by atoms with Gasteiger partial charge < -0.3 is 15.7 Å². The molecule has 4 nitrogen and oxygen atoms in total. The lowest BCUT2D eigenvalue weighted by Crippen LogP contribution is -2.45. The highest BCUT2D eigenvalue weighted by molar-refractivity contribution is 7.99. The molecule has 0 bridgehead atoms. The largest absolute Gasteiger partial charge is 0.393 e. The molecule has 0 radical (unpaired) electrons. The quantitative estimate of drug-likeness (QED) is 0.772. The predicted molar refractivity (Wildman–Crippen MR) is 89.5 cm³/mol. The van der Waals surface area contributed by atoms with Gasteiger partial charge >= 0.3 is 6.03 Å². The normalized spacial score (nSPS) is 27.8. The highest BCUT2D eigenvalue weighted by Crippen LogP contribution is 2.37. The monoisotopic (exact) mass is 340 g/mol. The summed E-state index contributed by atoms with van der Waals surface area (Å²) >= 11 is 7.89. The lowest BCUT2D eigenvalue weighted by molar-refractivity contribution is 0.117. The van der Waals surface area contributed by atoms with Crippen molar-refractivity contribution in [1.82, 2.24) is 10.6 Å². The molecule has 0 saturated heterocycles. The molecule has 3 rings (SSSR count). The topological polar surface area (TPSA) is 61.4 Å². The number of aliphatic hydroxyl groups is 1. The zero-order valence-electron chi connectivity index (χ0n) is 12.3. The van der Waals surface area contributed by atoms with Gasteiger partial charge in [0.05, 0.1) is 12.1 Å². The van der Waals surface area contributed by atoms with Crippen LogP contribution in [0, 0.1) is 0 Å². The third-order valence-corrected chi connectivity index (χ3v) is 5.71. The molecule has 120 valence electrons. The highest BCUT2D eigenvalue weighted by Gasteiger charge is 2.25. The number of nitrogens with one attached hydrogen (secondary N) is 2. The number of rotatable bonds is 2. The van der Waals surface area contributed by atoms with Crippen LogP contribution >= 0.6 is 23.4 Å². The van der Waals surface area contributed by atoms with Crippen molar-refractivity contribution in [1.29, 1.82) is 0 Å². The second-order valence-electron chi connectivity index (χ2n) is 6.00. The van der Waals surface area contributed by atoms with Crippen molar-refractivity contribution in [2.45, 2.75) is 55.2 Å². The third-order valence-electron chi connectivity index (χ3n) is 4.35. The average Bonchev–Trinajstić information content (AvgIpc) is 2.50. The number of aliphatic hydroxyl groups excluding tert-OH is 1. The number of amides is 2. The van der Waals surface area contributed by atoms with Crippen molar-refractivity contribution in [2.75, 3.05) is 5.75 Å². The van der Waals surface area contributed by atoms with Gasteiger partial charge in [-0.2, -0.15) is 0 Å². The van der Waals surface area contributed by atoms with Crippen molar-refractivity contribution in [3.8, 4) is 0 Å². The van der Waals surface area contributed by atoms with Gasteiger partial charge in [0.25, 0.3) is 0 Å². The molecule has 2 aliphatic rings. The molecule has 3 N–H and O–H groups in total. The summed E-state index contributed by atoms with van der Waals surface area (Å²) in [7, 11) is 0. The van der Waals surface area contributed by atoms with Crippen LogP contribution in [0.4, 0.5) is 4.79 Å². The van der Waals surface area contributed by atoms with Crippen molar-refractivity contribution in [3.63, 3.8) is 0 Å². The van der Waals surface area contributed by atoms with Crippen LogP contribution in [0.3, 0.4) is 0 Å². The number of urea groups is 1. The van der Waals surface area contributed by atoms with E-state index in [2.05, 4.69) is 10.6 Å². The van der Waals surface area contributed by atoms with E-state index in [-0.39, 0.29) is 24.2 Å². The standard InChI is InChI=1S/C16H21ClN2O2S/c17-10-1-6-15-13(9-10)14(7-8-22-15)19-16(21)18-11-2-4-12(20)5-3-11/h1,6,9,11-12,14,20H,2-5,7-8H2,(H2,18,19,21)/t11?,12?,14-/m1/s1. The number of carbonyl (C=O) groups excluding carboxylic acids is 1. The first-order chi connectivity index (χ1) is 10.6. The van der Waals surface area contributed by atoms with Crippen LogP contribution in [0.5, 0.6) is 0 Å². The maximum Gasteiger partial charge on any atom is 0.315 e. The van der Waals surface area contributed by atoms with Gasteiger partial charge in [-0.15, -0.1) is 11.8 Å². The van der Waals surface area contributed by atoms with Crippen molar-refractivity contribution in [2.24, 2.45) is 0 Å². The molecular formula is C16H21ClN2O2S. The Labute approximate surface area is 140 Å². The van der Waals surface area contributed by atoms with Gasteiger partial charge in [0.2, 0.25) is 0 Å². The smallest absolute Gasteiger partial charge is 0.315 e. The molecule has 1 aliphatic heterocycles. The number of hydrogen-bond acceptors (Lipinski definition) is 3. The Balaban J connectivity index is 1.59. The van der Waals surface area contributed by atoms with E-state index < -0.39 is 0 Å². The minimum absolute atomic E-state index is 0.0177. The first-order valence-electron chi connectivity index (χ1n) is 7.79.